The van der Waals surface area contributed by atoms with Crippen molar-refractivity contribution in [2.24, 2.45) is 0 Å². The van der Waals surface area contributed by atoms with Crippen LogP contribution in [0, 0.1) is 0 Å². The van der Waals surface area contributed by atoms with Crippen LogP contribution >= 0.6 is 23.1 Å². The Hall–Kier alpha value is -2.53. The summed E-state index contributed by atoms with van der Waals surface area (Å²) in [6.07, 6.45) is -4.73. The molecule has 0 spiro atoms. The normalized spacial score (nSPS) is 11.4. The van der Waals surface area contributed by atoms with Crippen LogP contribution in [0.15, 0.2) is 46.9 Å². The first-order valence-corrected chi connectivity index (χ1v) is 10.4. The molecule has 0 radical (unpaired) electrons. The fourth-order valence-corrected chi connectivity index (χ4v) is 4.01. The topological polar surface area (TPSA) is 69.0 Å². The number of nitrogens with zero attached hydrogens (tertiary/aromatic N) is 3. The van der Waals surface area contributed by atoms with Gasteiger partial charge < -0.3 is 14.6 Å². The number of thiophene rings is 1. The third-order valence-corrected chi connectivity index (χ3v) is 5.59. The van der Waals surface area contributed by atoms with Gasteiger partial charge in [-0.1, -0.05) is 30.0 Å². The summed E-state index contributed by atoms with van der Waals surface area (Å²) in [5, 5.41) is 13.7. The zero-order valence-electron chi connectivity index (χ0n) is 15.3. The van der Waals surface area contributed by atoms with Crippen molar-refractivity contribution in [2.45, 2.75) is 31.5 Å². The van der Waals surface area contributed by atoms with E-state index in [-0.39, 0.29) is 24.0 Å². The minimum Gasteiger partial charge on any atom is -0.406 e. The van der Waals surface area contributed by atoms with Gasteiger partial charge in [0.2, 0.25) is 5.91 Å². The molecule has 1 N–H and O–H groups in total. The summed E-state index contributed by atoms with van der Waals surface area (Å²) in [5.74, 6) is 0.404. The average molecular weight is 442 g/mol. The number of thioether (sulfide) groups is 1. The maximum atomic E-state index is 12.2. The first-order chi connectivity index (χ1) is 13.9. The number of alkyl halides is 3. The van der Waals surface area contributed by atoms with Gasteiger partial charge in [-0.2, -0.15) is 0 Å². The summed E-state index contributed by atoms with van der Waals surface area (Å²) in [5.41, 5.74) is 0.662. The van der Waals surface area contributed by atoms with E-state index in [1.165, 1.54) is 36.0 Å². The number of aromatic nitrogens is 3. The van der Waals surface area contributed by atoms with Gasteiger partial charge in [-0.15, -0.1) is 34.7 Å². The lowest BCUT2D eigenvalue weighted by Crippen LogP contribution is -2.24. The van der Waals surface area contributed by atoms with Crippen molar-refractivity contribution in [2.75, 3.05) is 5.75 Å². The summed E-state index contributed by atoms with van der Waals surface area (Å²) in [4.78, 5) is 13.1. The molecule has 0 fully saturated rings. The standard InChI is InChI=1S/C18H17F3N4O2S2/c1-2-25-16(14-4-3-9-28-14)23-24-17(25)29-11-15(26)22-10-12-5-7-13(8-6-12)27-18(19,20)21/h3-9H,2,10-11H2,1H3,(H,22,26). The largest absolute Gasteiger partial charge is 0.573 e. The number of hydrogen-bond donors (Lipinski definition) is 1. The number of ether oxygens (including phenoxy) is 1. The molecule has 0 aliphatic rings. The van der Waals surface area contributed by atoms with Crippen molar-refractivity contribution in [3.8, 4) is 16.5 Å². The van der Waals surface area contributed by atoms with E-state index in [2.05, 4.69) is 20.3 Å². The minimum atomic E-state index is -4.73. The lowest BCUT2D eigenvalue weighted by atomic mass is 10.2. The third kappa shape index (κ3) is 5.97. The van der Waals surface area contributed by atoms with Crippen LogP contribution in [0.3, 0.4) is 0 Å². The first-order valence-electron chi connectivity index (χ1n) is 8.57. The summed E-state index contributed by atoms with van der Waals surface area (Å²) in [7, 11) is 0. The molecule has 0 atom stereocenters. The molecule has 3 aromatic rings. The van der Waals surface area contributed by atoms with Crippen LogP contribution in [0.4, 0.5) is 13.2 Å². The highest BCUT2D eigenvalue weighted by Gasteiger charge is 2.30. The van der Waals surface area contributed by atoms with Gasteiger partial charge >= 0.3 is 6.36 Å². The zero-order valence-corrected chi connectivity index (χ0v) is 16.9. The summed E-state index contributed by atoms with van der Waals surface area (Å²) < 4.78 is 42.3. The van der Waals surface area contributed by atoms with Crippen molar-refractivity contribution in [3.63, 3.8) is 0 Å². The van der Waals surface area contributed by atoms with Crippen molar-refractivity contribution >= 4 is 29.0 Å². The highest BCUT2D eigenvalue weighted by molar-refractivity contribution is 7.99. The SMILES string of the molecule is CCn1c(SCC(=O)NCc2ccc(OC(F)(F)F)cc2)nnc1-c1cccs1. The van der Waals surface area contributed by atoms with E-state index in [1.807, 2.05) is 29.0 Å². The van der Waals surface area contributed by atoms with Crippen LogP contribution in [-0.4, -0.2) is 32.8 Å². The van der Waals surface area contributed by atoms with Crippen molar-refractivity contribution in [1.29, 1.82) is 0 Å². The van der Waals surface area contributed by atoms with E-state index in [0.29, 0.717) is 17.3 Å². The molecule has 2 heterocycles. The van der Waals surface area contributed by atoms with E-state index in [1.54, 1.807) is 11.3 Å². The second kappa shape index (κ2) is 9.31. The minimum absolute atomic E-state index is 0.151. The molecule has 0 saturated carbocycles. The fourth-order valence-electron chi connectivity index (χ4n) is 2.46. The molecule has 29 heavy (non-hydrogen) atoms. The Labute approximate surface area is 173 Å². The Bertz CT molecular complexity index is 941. The number of carbonyl (C=O) groups is 1. The second-order valence-corrected chi connectivity index (χ2v) is 7.68. The summed E-state index contributed by atoms with van der Waals surface area (Å²) in [6.45, 7) is 2.86. The lowest BCUT2D eigenvalue weighted by Gasteiger charge is -2.10. The van der Waals surface area contributed by atoms with E-state index in [4.69, 9.17) is 0 Å². The Balaban J connectivity index is 1.50. The number of benzene rings is 1. The quantitative estimate of drug-likeness (QED) is 0.526. The van der Waals surface area contributed by atoms with Crippen molar-refractivity contribution < 1.29 is 22.7 Å². The van der Waals surface area contributed by atoms with Crippen LogP contribution in [-0.2, 0) is 17.9 Å². The molecule has 2 aromatic heterocycles. The van der Waals surface area contributed by atoms with Gasteiger partial charge in [0.05, 0.1) is 10.6 Å². The number of nitrogens with one attached hydrogen (secondary N) is 1. The van der Waals surface area contributed by atoms with E-state index in [9.17, 15) is 18.0 Å². The second-order valence-electron chi connectivity index (χ2n) is 5.78. The fraction of sp³-hybridized carbons (Fsp3) is 0.278. The number of amides is 1. The van der Waals surface area contributed by atoms with Crippen molar-refractivity contribution in [3.05, 3.63) is 47.3 Å². The Morgan fingerprint density at radius 2 is 2.00 bits per heavy atom. The van der Waals surface area contributed by atoms with Crippen LogP contribution < -0.4 is 10.1 Å². The molecule has 0 bridgehead atoms. The molecular formula is C18H17F3N4O2S2. The number of halogens is 3. The van der Waals surface area contributed by atoms with Crippen LogP contribution in [0.2, 0.25) is 0 Å². The van der Waals surface area contributed by atoms with Crippen molar-refractivity contribution in [1.82, 2.24) is 20.1 Å². The Morgan fingerprint density at radius 1 is 1.24 bits per heavy atom. The molecule has 0 saturated heterocycles. The molecule has 1 amide bonds. The average Bonchev–Trinajstić information content (AvgIpc) is 3.33. The van der Waals surface area contributed by atoms with Crippen LogP contribution in [0.5, 0.6) is 5.75 Å². The molecule has 11 heteroatoms. The molecule has 6 nitrogen and oxygen atoms in total. The zero-order chi connectivity index (χ0) is 20.9. The van der Waals surface area contributed by atoms with Crippen LogP contribution in [0.25, 0.3) is 10.7 Å². The highest BCUT2D eigenvalue weighted by atomic mass is 32.2. The summed E-state index contributed by atoms with van der Waals surface area (Å²) >= 11 is 2.85. The molecule has 0 aliphatic heterocycles. The predicted octanol–water partition coefficient (Wildman–Crippen LogP) is 4.33. The number of carbonyl (C=O) groups excluding carboxylic acids is 1. The molecule has 154 valence electrons. The van der Waals surface area contributed by atoms with Gasteiger partial charge in [-0.3, -0.25) is 4.79 Å². The molecule has 0 aliphatic carbocycles. The Kier molecular flexibility index (Phi) is 6.80. The summed E-state index contributed by atoms with van der Waals surface area (Å²) in [6, 6.07) is 9.26. The number of hydrogen-bond acceptors (Lipinski definition) is 6. The van der Waals surface area contributed by atoms with Gasteiger partial charge in [0.25, 0.3) is 0 Å². The maximum absolute atomic E-state index is 12.2. The lowest BCUT2D eigenvalue weighted by molar-refractivity contribution is -0.274. The van der Waals surface area contributed by atoms with Crippen LogP contribution in [0.1, 0.15) is 12.5 Å². The maximum Gasteiger partial charge on any atom is 0.573 e. The van der Waals surface area contributed by atoms with E-state index in [0.717, 1.165) is 10.7 Å². The molecular weight excluding hydrogens is 425 g/mol. The first kappa shape index (κ1) is 21.2. The third-order valence-electron chi connectivity index (χ3n) is 3.75. The van der Waals surface area contributed by atoms with Gasteiger partial charge in [0.1, 0.15) is 5.75 Å². The van der Waals surface area contributed by atoms with Gasteiger partial charge in [0, 0.05) is 13.1 Å². The molecule has 1 aromatic carbocycles. The van der Waals surface area contributed by atoms with Gasteiger partial charge in [-0.05, 0) is 36.1 Å². The predicted molar refractivity (Wildman–Crippen MR) is 105 cm³/mol. The smallest absolute Gasteiger partial charge is 0.406 e. The monoisotopic (exact) mass is 442 g/mol. The Morgan fingerprint density at radius 3 is 2.62 bits per heavy atom. The molecule has 3 rings (SSSR count). The number of rotatable bonds is 8. The van der Waals surface area contributed by atoms with Gasteiger partial charge in [-0.25, -0.2) is 0 Å². The molecule has 0 unspecified atom stereocenters. The van der Waals surface area contributed by atoms with Gasteiger partial charge in [0.15, 0.2) is 11.0 Å². The highest BCUT2D eigenvalue weighted by Crippen LogP contribution is 2.27. The van der Waals surface area contributed by atoms with E-state index < -0.39 is 6.36 Å². The van der Waals surface area contributed by atoms with E-state index >= 15 is 0 Å².